The van der Waals surface area contributed by atoms with E-state index in [1.807, 2.05) is 0 Å². The Kier molecular flexibility index (Phi) is 4.32. The molecule has 0 aliphatic carbocycles. The van der Waals surface area contributed by atoms with Crippen molar-refractivity contribution in [3.05, 3.63) is 21.9 Å². The Balaban J connectivity index is 3.60. The lowest BCUT2D eigenvalue weighted by molar-refractivity contribution is -0.390. The van der Waals surface area contributed by atoms with Gasteiger partial charge in [-0.05, 0) is 9.91 Å². The van der Waals surface area contributed by atoms with Crippen LogP contribution in [0, 0.1) is 10.1 Å². The molecule has 0 aliphatic rings. The van der Waals surface area contributed by atoms with E-state index in [0.717, 1.165) is 14.2 Å². The SMILES string of the molecule is COC(=O)c1c([N+](=O)[O-])ncc(OC)c1OC(F)(F)F. The molecule has 0 aromatic carbocycles. The van der Waals surface area contributed by atoms with Gasteiger partial charge in [0.2, 0.25) is 11.3 Å². The van der Waals surface area contributed by atoms with Crippen molar-refractivity contribution in [3.63, 3.8) is 0 Å². The van der Waals surface area contributed by atoms with E-state index in [9.17, 15) is 28.1 Å². The van der Waals surface area contributed by atoms with E-state index in [0.29, 0.717) is 6.20 Å². The minimum Gasteiger partial charge on any atom is -0.490 e. The minimum atomic E-state index is -5.19. The molecule has 0 radical (unpaired) electrons. The molecule has 0 bridgehead atoms. The van der Waals surface area contributed by atoms with E-state index in [4.69, 9.17) is 0 Å². The fourth-order valence-corrected chi connectivity index (χ4v) is 1.25. The van der Waals surface area contributed by atoms with Gasteiger partial charge in [-0.25, -0.2) is 4.79 Å². The van der Waals surface area contributed by atoms with Crippen LogP contribution in [0.25, 0.3) is 0 Å². The number of nitro groups is 1. The number of aromatic nitrogens is 1. The van der Waals surface area contributed by atoms with Gasteiger partial charge in [-0.15, -0.1) is 13.2 Å². The summed E-state index contributed by atoms with van der Waals surface area (Å²) in [5.74, 6) is -4.35. The number of hydrogen-bond donors (Lipinski definition) is 0. The Morgan fingerprint density at radius 1 is 1.40 bits per heavy atom. The van der Waals surface area contributed by atoms with Crippen LogP contribution in [0.1, 0.15) is 10.4 Å². The third-order valence-electron chi connectivity index (χ3n) is 1.98. The number of carbonyl (C=O) groups is 1. The maximum absolute atomic E-state index is 12.3. The molecule has 0 N–H and O–H groups in total. The van der Waals surface area contributed by atoms with E-state index in [-0.39, 0.29) is 0 Å². The third-order valence-corrected chi connectivity index (χ3v) is 1.98. The van der Waals surface area contributed by atoms with Gasteiger partial charge in [0, 0.05) is 0 Å². The molecular formula is C9H7F3N2O6. The molecule has 0 aliphatic heterocycles. The lowest BCUT2D eigenvalue weighted by Crippen LogP contribution is -2.21. The third kappa shape index (κ3) is 3.24. The molecule has 1 heterocycles. The Morgan fingerprint density at radius 2 is 2.00 bits per heavy atom. The van der Waals surface area contributed by atoms with Crippen molar-refractivity contribution in [2.24, 2.45) is 0 Å². The second kappa shape index (κ2) is 5.59. The molecule has 1 rings (SSSR count). The van der Waals surface area contributed by atoms with Crippen LogP contribution in [0.15, 0.2) is 6.20 Å². The van der Waals surface area contributed by atoms with Gasteiger partial charge in [-0.1, -0.05) is 0 Å². The molecule has 11 heteroatoms. The predicted molar refractivity (Wildman–Crippen MR) is 55.5 cm³/mol. The summed E-state index contributed by atoms with van der Waals surface area (Å²) in [6, 6.07) is 0. The molecule has 8 nitrogen and oxygen atoms in total. The molecule has 0 saturated carbocycles. The number of alkyl halides is 3. The molecule has 1 aromatic heterocycles. The lowest BCUT2D eigenvalue weighted by Gasteiger charge is -2.14. The van der Waals surface area contributed by atoms with Crippen LogP contribution in [-0.2, 0) is 4.74 Å². The molecule has 0 amide bonds. The van der Waals surface area contributed by atoms with E-state index < -0.39 is 40.1 Å². The Morgan fingerprint density at radius 3 is 2.40 bits per heavy atom. The van der Waals surface area contributed by atoms with Crippen LogP contribution in [0.5, 0.6) is 11.5 Å². The molecule has 0 spiro atoms. The maximum atomic E-state index is 12.3. The summed E-state index contributed by atoms with van der Waals surface area (Å²) < 4.78 is 49.3. The number of esters is 1. The molecule has 0 unspecified atom stereocenters. The maximum Gasteiger partial charge on any atom is 0.573 e. The summed E-state index contributed by atoms with van der Waals surface area (Å²) in [5, 5.41) is 10.7. The zero-order valence-electron chi connectivity index (χ0n) is 10.1. The zero-order valence-corrected chi connectivity index (χ0v) is 10.1. The number of ether oxygens (including phenoxy) is 3. The highest BCUT2D eigenvalue weighted by molar-refractivity contribution is 5.97. The quantitative estimate of drug-likeness (QED) is 0.473. The second-order valence-electron chi connectivity index (χ2n) is 3.15. The van der Waals surface area contributed by atoms with Gasteiger partial charge < -0.3 is 24.3 Å². The average Bonchev–Trinajstić information content (AvgIpc) is 2.35. The number of halogens is 3. The fourth-order valence-electron chi connectivity index (χ4n) is 1.25. The topological polar surface area (TPSA) is 101 Å². The van der Waals surface area contributed by atoms with Gasteiger partial charge in [0.05, 0.1) is 14.2 Å². The van der Waals surface area contributed by atoms with Gasteiger partial charge >= 0.3 is 18.1 Å². The summed E-state index contributed by atoms with van der Waals surface area (Å²) in [6.45, 7) is 0. The highest BCUT2D eigenvalue weighted by atomic mass is 19.4. The van der Waals surface area contributed by atoms with Crippen LogP contribution in [-0.4, -0.2) is 36.5 Å². The number of methoxy groups -OCH3 is 2. The van der Waals surface area contributed by atoms with Crippen LogP contribution in [0.4, 0.5) is 19.0 Å². The summed E-state index contributed by atoms with van der Waals surface area (Å²) in [4.78, 5) is 24.3. The molecule has 0 saturated heterocycles. The van der Waals surface area contributed by atoms with Gasteiger partial charge in [0.25, 0.3) is 0 Å². The number of nitrogens with zero attached hydrogens (tertiary/aromatic N) is 2. The van der Waals surface area contributed by atoms with Crippen LogP contribution < -0.4 is 9.47 Å². The molecule has 0 fully saturated rings. The average molecular weight is 296 g/mol. The smallest absolute Gasteiger partial charge is 0.490 e. The Hall–Kier alpha value is -2.59. The molecular weight excluding hydrogens is 289 g/mol. The van der Waals surface area contributed by atoms with Crippen LogP contribution in [0.2, 0.25) is 0 Å². The number of carbonyl (C=O) groups excluding carboxylic acids is 1. The van der Waals surface area contributed by atoms with Gasteiger partial charge in [0.15, 0.2) is 11.9 Å². The second-order valence-corrected chi connectivity index (χ2v) is 3.15. The number of pyridine rings is 1. The van der Waals surface area contributed by atoms with Gasteiger partial charge in [0.1, 0.15) is 0 Å². The zero-order chi connectivity index (χ0) is 15.5. The first-order valence-electron chi connectivity index (χ1n) is 4.76. The fraction of sp³-hybridized carbons (Fsp3) is 0.333. The minimum absolute atomic E-state index is 0.603. The molecule has 20 heavy (non-hydrogen) atoms. The standard InChI is InChI=1S/C9H7F3N2O6/c1-18-4-3-13-7(14(16)17)5(8(15)19-2)6(4)20-9(10,11)12/h3H,1-2H3. The first-order valence-corrected chi connectivity index (χ1v) is 4.76. The summed E-state index contributed by atoms with van der Waals surface area (Å²) in [6.07, 6.45) is -4.56. The Bertz CT molecular complexity index is 545. The first-order chi connectivity index (χ1) is 9.21. The van der Waals surface area contributed by atoms with Gasteiger partial charge in [-0.3, -0.25) is 0 Å². The van der Waals surface area contributed by atoms with Crippen molar-refractivity contribution in [2.75, 3.05) is 14.2 Å². The number of hydrogen-bond acceptors (Lipinski definition) is 7. The molecule has 0 atom stereocenters. The lowest BCUT2D eigenvalue weighted by atomic mass is 10.2. The predicted octanol–water partition coefficient (Wildman–Crippen LogP) is 1.68. The van der Waals surface area contributed by atoms with E-state index >= 15 is 0 Å². The highest BCUT2D eigenvalue weighted by Gasteiger charge is 2.39. The summed E-state index contributed by atoms with van der Waals surface area (Å²) in [5.41, 5.74) is -1.09. The van der Waals surface area contributed by atoms with Crippen molar-refractivity contribution >= 4 is 11.8 Å². The van der Waals surface area contributed by atoms with Crippen molar-refractivity contribution in [1.29, 1.82) is 0 Å². The molecule has 110 valence electrons. The van der Waals surface area contributed by atoms with E-state index in [2.05, 4.69) is 19.2 Å². The highest BCUT2D eigenvalue weighted by Crippen LogP contribution is 2.39. The monoisotopic (exact) mass is 296 g/mol. The summed E-state index contributed by atoms with van der Waals surface area (Å²) >= 11 is 0. The van der Waals surface area contributed by atoms with Crippen molar-refractivity contribution in [2.45, 2.75) is 6.36 Å². The van der Waals surface area contributed by atoms with Crippen molar-refractivity contribution in [3.8, 4) is 11.5 Å². The normalized spacial score (nSPS) is 10.8. The van der Waals surface area contributed by atoms with Crippen molar-refractivity contribution < 1.29 is 37.1 Å². The van der Waals surface area contributed by atoms with E-state index in [1.165, 1.54) is 0 Å². The summed E-state index contributed by atoms with van der Waals surface area (Å²) in [7, 11) is 1.82. The van der Waals surface area contributed by atoms with Gasteiger partial charge in [-0.2, -0.15) is 0 Å². The van der Waals surface area contributed by atoms with Crippen LogP contribution in [0.3, 0.4) is 0 Å². The Labute approximate surface area is 109 Å². The van der Waals surface area contributed by atoms with E-state index in [1.54, 1.807) is 0 Å². The number of rotatable bonds is 4. The van der Waals surface area contributed by atoms with Crippen LogP contribution >= 0.6 is 0 Å². The first kappa shape index (κ1) is 15.5. The molecule has 1 aromatic rings. The van der Waals surface area contributed by atoms with Crippen molar-refractivity contribution in [1.82, 2.24) is 4.98 Å². The largest absolute Gasteiger partial charge is 0.573 e.